The van der Waals surface area contributed by atoms with Crippen molar-refractivity contribution in [3.63, 3.8) is 0 Å². The molecular weight excluding hydrogens is 324 g/mol. The van der Waals surface area contributed by atoms with Crippen LogP contribution in [0.4, 0.5) is 0 Å². The molecule has 0 bridgehead atoms. The highest BCUT2D eigenvalue weighted by Crippen LogP contribution is 2.28. The molecule has 24 heavy (non-hydrogen) atoms. The molecule has 0 unspecified atom stereocenters. The normalized spacial score (nSPS) is 11.4. The van der Waals surface area contributed by atoms with Crippen LogP contribution in [0.15, 0.2) is 41.1 Å². The summed E-state index contributed by atoms with van der Waals surface area (Å²) < 4.78 is 7.64. The van der Waals surface area contributed by atoms with E-state index in [-0.39, 0.29) is 0 Å². The molecule has 0 aliphatic rings. The number of oxazole rings is 1. The molecule has 0 N–H and O–H groups in total. The molecule has 6 heteroatoms. The highest BCUT2D eigenvalue weighted by molar-refractivity contribution is 6.33. The van der Waals surface area contributed by atoms with Gasteiger partial charge in [0.1, 0.15) is 5.76 Å². The number of rotatable bonds is 6. The fourth-order valence-electron chi connectivity index (χ4n) is 2.58. The third-order valence-electron chi connectivity index (χ3n) is 3.96. The third kappa shape index (κ3) is 3.86. The molecule has 3 rings (SSSR count). The van der Waals surface area contributed by atoms with Crippen molar-refractivity contribution in [3.05, 3.63) is 58.7 Å². The molecule has 5 nitrogen and oxygen atoms in total. The topological polar surface area (TPSA) is 47.1 Å². The van der Waals surface area contributed by atoms with E-state index >= 15 is 0 Å². The minimum Gasteiger partial charge on any atom is -0.441 e. The number of nitrogens with zero attached hydrogens (tertiary/aromatic N) is 4. The molecule has 0 aliphatic heterocycles. The molecule has 0 amide bonds. The summed E-state index contributed by atoms with van der Waals surface area (Å²) in [6.45, 7) is 3.61. The highest BCUT2D eigenvalue weighted by atomic mass is 35.5. The predicted octanol–water partition coefficient (Wildman–Crippen LogP) is 3.71. The van der Waals surface area contributed by atoms with Gasteiger partial charge in [-0.3, -0.25) is 4.68 Å². The number of halogens is 1. The van der Waals surface area contributed by atoms with E-state index in [9.17, 15) is 0 Å². The van der Waals surface area contributed by atoms with Gasteiger partial charge in [-0.25, -0.2) is 4.98 Å². The zero-order chi connectivity index (χ0) is 17.1. The van der Waals surface area contributed by atoms with E-state index in [2.05, 4.69) is 22.0 Å². The fourth-order valence-corrected chi connectivity index (χ4v) is 2.80. The molecule has 126 valence electrons. The smallest absolute Gasteiger partial charge is 0.228 e. The molecular formula is C18H21ClN4O. The van der Waals surface area contributed by atoms with Crippen LogP contribution in [0.5, 0.6) is 0 Å². The van der Waals surface area contributed by atoms with Crippen LogP contribution in [0.1, 0.15) is 17.0 Å². The number of aryl methyl sites for hydroxylation is 2. The van der Waals surface area contributed by atoms with E-state index in [1.165, 1.54) is 5.56 Å². The van der Waals surface area contributed by atoms with Crippen molar-refractivity contribution in [2.24, 2.45) is 7.05 Å². The average Bonchev–Trinajstić information content (AvgIpc) is 3.12. The first kappa shape index (κ1) is 16.7. The van der Waals surface area contributed by atoms with Gasteiger partial charge in [0.05, 0.1) is 22.5 Å². The van der Waals surface area contributed by atoms with Crippen LogP contribution in [0, 0.1) is 6.92 Å². The molecule has 0 fully saturated rings. The predicted molar refractivity (Wildman–Crippen MR) is 94.9 cm³/mol. The quantitative estimate of drug-likeness (QED) is 0.684. The first-order valence-electron chi connectivity index (χ1n) is 7.90. The van der Waals surface area contributed by atoms with Gasteiger partial charge < -0.3 is 9.32 Å². The van der Waals surface area contributed by atoms with Crippen LogP contribution in [0.3, 0.4) is 0 Å². The van der Waals surface area contributed by atoms with Gasteiger partial charge in [0.15, 0.2) is 0 Å². The molecule has 3 aromatic rings. The number of likely N-dealkylation sites (N-methyl/N-ethyl adjacent to an activating group) is 1. The Labute approximate surface area is 146 Å². The zero-order valence-corrected chi connectivity index (χ0v) is 14.9. The number of hydrogen-bond acceptors (Lipinski definition) is 4. The summed E-state index contributed by atoms with van der Waals surface area (Å²) in [5, 5.41) is 4.84. The van der Waals surface area contributed by atoms with Crippen LogP contribution in [-0.4, -0.2) is 33.3 Å². The van der Waals surface area contributed by atoms with Gasteiger partial charge in [0.2, 0.25) is 5.89 Å². The van der Waals surface area contributed by atoms with Crippen LogP contribution < -0.4 is 0 Å². The molecule has 0 spiro atoms. The van der Waals surface area contributed by atoms with Gasteiger partial charge in [0.25, 0.3) is 0 Å². The van der Waals surface area contributed by atoms with Crippen molar-refractivity contribution in [3.8, 4) is 11.5 Å². The minimum atomic E-state index is 0.578. The average molecular weight is 345 g/mol. The lowest BCUT2D eigenvalue weighted by Gasteiger charge is -2.14. The SMILES string of the molecule is Cc1oc(-c2ccccc2Cl)nc1CN(C)CCc1cnn(C)c1. The molecule has 0 aliphatic carbocycles. The van der Waals surface area contributed by atoms with Crippen LogP contribution in [-0.2, 0) is 20.0 Å². The lowest BCUT2D eigenvalue weighted by atomic mass is 10.2. The van der Waals surface area contributed by atoms with Gasteiger partial charge in [0, 0.05) is 26.3 Å². The maximum absolute atomic E-state index is 6.23. The lowest BCUT2D eigenvalue weighted by Crippen LogP contribution is -2.21. The molecule has 2 heterocycles. The summed E-state index contributed by atoms with van der Waals surface area (Å²) in [6, 6.07) is 7.59. The number of hydrogen-bond donors (Lipinski definition) is 0. The minimum absolute atomic E-state index is 0.578. The standard InChI is InChI=1S/C18H21ClN4O/c1-13-17(12-22(2)9-8-14-10-20-23(3)11-14)21-18(24-13)15-6-4-5-7-16(15)19/h4-7,10-11H,8-9,12H2,1-3H3. The second-order valence-electron chi connectivity index (χ2n) is 6.01. The van der Waals surface area contributed by atoms with E-state index in [1.807, 2.05) is 55.3 Å². The molecule has 2 aromatic heterocycles. The fraction of sp³-hybridized carbons (Fsp3) is 0.333. The van der Waals surface area contributed by atoms with Crippen molar-refractivity contribution in [2.75, 3.05) is 13.6 Å². The summed E-state index contributed by atoms with van der Waals surface area (Å²) in [4.78, 5) is 6.86. The van der Waals surface area contributed by atoms with E-state index < -0.39 is 0 Å². The van der Waals surface area contributed by atoms with Crippen molar-refractivity contribution in [2.45, 2.75) is 19.9 Å². The second kappa shape index (κ2) is 7.20. The van der Waals surface area contributed by atoms with Crippen molar-refractivity contribution in [1.29, 1.82) is 0 Å². The largest absolute Gasteiger partial charge is 0.441 e. The Morgan fingerprint density at radius 1 is 1.29 bits per heavy atom. The van der Waals surface area contributed by atoms with E-state index in [1.54, 1.807) is 0 Å². The van der Waals surface area contributed by atoms with Crippen LogP contribution >= 0.6 is 11.6 Å². The van der Waals surface area contributed by atoms with Crippen molar-refractivity contribution >= 4 is 11.6 Å². The number of benzene rings is 1. The van der Waals surface area contributed by atoms with Gasteiger partial charge >= 0.3 is 0 Å². The van der Waals surface area contributed by atoms with Gasteiger partial charge in [-0.05, 0) is 38.1 Å². The molecule has 0 atom stereocenters. The Bertz CT molecular complexity index is 824. The van der Waals surface area contributed by atoms with E-state index in [0.29, 0.717) is 10.9 Å². The highest BCUT2D eigenvalue weighted by Gasteiger charge is 2.15. The Morgan fingerprint density at radius 2 is 2.08 bits per heavy atom. The van der Waals surface area contributed by atoms with E-state index in [0.717, 1.165) is 36.5 Å². The van der Waals surface area contributed by atoms with Gasteiger partial charge in [-0.15, -0.1) is 0 Å². The lowest BCUT2D eigenvalue weighted by molar-refractivity contribution is 0.325. The summed E-state index contributed by atoms with van der Waals surface area (Å²) in [5.74, 6) is 1.41. The maximum Gasteiger partial charge on any atom is 0.228 e. The molecule has 1 aromatic carbocycles. The summed E-state index contributed by atoms with van der Waals surface area (Å²) in [6.07, 6.45) is 4.91. The first-order chi connectivity index (χ1) is 11.5. The maximum atomic E-state index is 6.23. The molecule has 0 radical (unpaired) electrons. The van der Waals surface area contributed by atoms with E-state index in [4.69, 9.17) is 16.0 Å². The monoisotopic (exact) mass is 344 g/mol. The Balaban J connectivity index is 1.66. The summed E-state index contributed by atoms with van der Waals surface area (Å²) in [7, 11) is 4.02. The van der Waals surface area contributed by atoms with Crippen molar-refractivity contribution in [1.82, 2.24) is 19.7 Å². The Hall–Kier alpha value is -2.11. The summed E-state index contributed by atoms with van der Waals surface area (Å²) in [5.41, 5.74) is 3.00. The second-order valence-corrected chi connectivity index (χ2v) is 6.42. The Kier molecular flexibility index (Phi) is 5.02. The first-order valence-corrected chi connectivity index (χ1v) is 8.28. The Morgan fingerprint density at radius 3 is 2.79 bits per heavy atom. The van der Waals surface area contributed by atoms with Crippen LogP contribution in [0.2, 0.25) is 5.02 Å². The van der Waals surface area contributed by atoms with Gasteiger partial charge in [-0.2, -0.15) is 5.10 Å². The van der Waals surface area contributed by atoms with Crippen molar-refractivity contribution < 1.29 is 4.42 Å². The number of aromatic nitrogens is 3. The van der Waals surface area contributed by atoms with Crippen LogP contribution in [0.25, 0.3) is 11.5 Å². The van der Waals surface area contributed by atoms with Gasteiger partial charge in [-0.1, -0.05) is 23.7 Å². The zero-order valence-electron chi connectivity index (χ0n) is 14.2. The molecule has 0 saturated carbocycles. The molecule has 0 saturated heterocycles. The summed E-state index contributed by atoms with van der Waals surface area (Å²) >= 11 is 6.23. The third-order valence-corrected chi connectivity index (χ3v) is 4.29.